The molecule has 0 aliphatic rings. The number of hydrogen-bond donors (Lipinski definition) is 1. The van der Waals surface area contributed by atoms with E-state index in [4.69, 9.17) is 4.74 Å². The smallest absolute Gasteiger partial charge is 0.267 e. The lowest BCUT2D eigenvalue weighted by atomic mass is 9.72. The van der Waals surface area contributed by atoms with E-state index in [9.17, 15) is 22.7 Å². The molecule has 0 radical (unpaired) electrons. The van der Waals surface area contributed by atoms with Crippen LogP contribution in [0.2, 0.25) is 0 Å². The van der Waals surface area contributed by atoms with Gasteiger partial charge in [-0.05, 0) is 54.8 Å². The fraction of sp³-hybridized carbons (Fsp3) is 0.375. The molecule has 3 aromatic rings. The molecule has 31 heavy (non-hydrogen) atoms. The van der Waals surface area contributed by atoms with Crippen molar-refractivity contribution in [1.82, 2.24) is 4.98 Å². The molecule has 0 aliphatic carbocycles. The number of pyridine rings is 1. The van der Waals surface area contributed by atoms with Crippen molar-refractivity contribution in [1.29, 1.82) is 0 Å². The SMILES string of the molecule is COc1ccc(F)cc1C(C)(CF)CC(O)(Cc1ccnc2cc(C)ccc12)C(F)F. The maximum absolute atomic E-state index is 14.3. The Hall–Kier alpha value is -2.67. The third-order valence-electron chi connectivity index (χ3n) is 5.69. The van der Waals surface area contributed by atoms with Gasteiger partial charge in [-0.2, -0.15) is 0 Å². The molecule has 2 atom stereocenters. The van der Waals surface area contributed by atoms with E-state index >= 15 is 0 Å². The average Bonchev–Trinajstić information content (AvgIpc) is 2.73. The summed E-state index contributed by atoms with van der Waals surface area (Å²) in [6.07, 6.45) is -2.72. The molecule has 0 fully saturated rings. The predicted octanol–water partition coefficient (Wildman–Crippen LogP) is 5.55. The van der Waals surface area contributed by atoms with Crippen molar-refractivity contribution < 1.29 is 27.4 Å². The van der Waals surface area contributed by atoms with E-state index in [1.165, 1.54) is 26.3 Å². The Kier molecular flexibility index (Phi) is 6.55. The summed E-state index contributed by atoms with van der Waals surface area (Å²) in [5, 5.41) is 11.7. The van der Waals surface area contributed by atoms with Gasteiger partial charge in [-0.15, -0.1) is 0 Å². The largest absolute Gasteiger partial charge is 0.496 e. The topological polar surface area (TPSA) is 42.4 Å². The molecule has 1 aromatic heterocycles. The van der Waals surface area contributed by atoms with Crippen LogP contribution in [-0.2, 0) is 11.8 Å². The van der Waals surface area contributed by atoms with E-state index < -0.39 is 42.8 Å². The van der Waals surface area contributed by atoms with Gasteiger partial charge in [-0.1, -0.05) is 19.1 Å². The monoisotopic (exact) mass is 435 g/mol. The minimum atomic E-state index is -3.16. The highest BCUT2D eigenvalue weighted by molar-refractivity contribution is 5.82. The van der Waals surface area contributed by atoms with Crippen molar-refractivity contribution >= 4 is 10.9 Å². The number of rotatable bonds is 8. The van der Waals surface area contributed by atoms with Gasteiger partial charge >= 0.3 is 0 Å². The fourth-order valence-electron chi connectivity index (χ4n) is 4.06. The van der Waals surface area contributed by atoms with Gasteiger partial charge in [0, 0.05) is 29.0 Å². The molecule has 0 bridgehead atoms. The number of alkyl halides is 3. The summed E-state index contributed by atoms with van der Waals surface area (Å²) in [4.78, 5) is 4.26. The number of benzene rings is 2. The first-order valence-electron chi connectivity index (χ1n) is 9.86. The summed E-state index contributed by atoms with van der Waals surface area (Å²) in [5.41, 5.74) is -2.01. The third kappa shape index (κ3) is 4.66. The average molecular weight is 435 g/mol. The summed E-state index contributed by atoms with van der Waals surface area (Å²) in [6, 6.07) is 10.5. The molecule has 0 aliphatic heterocycles. The van der Waals surface area contributed by atoms with Crippen molar-refractivity contribution in [3.05, 3.63) is 71.2 Å². The second-order valence-electron chi connectivity index (χ2n) is 8.29. The number of aliphatic hydroxyl groups is 1. The first-order valence-corrected chi connectivity index (χ1v) is 9.86. The highest BCUT2D eigenvalue weighted by Gasteiger charge is 2.46. The quantitative estimate of drug-likeness (QED) is 0.472. The molecule has 3 rings (SSSR count). The van der Waals surface area contributed by atoms with E-state index in [0.717, 1.165) is 17.7 Å². The molecule has 2 unspecified atom stereocenters. The minimum absolute atomic E-state index is 0.0896. The van der Waals surface area contributed by atoms with Gasteiger partial charge < -0.3 is 9.84 Å². The zero-order valence-corrected chi connectivity index (χ0v) is 17.6. The Labute approximate surface area is 178 Å². The maximum Gasteiger partial charge on any atom is 0.267 e. The van der Waals surface area contributed by atoms with Crippen LogP contribution in [0.25, 0.3) is 10.9 Å². The Bertz CT molecular complexity index is 1070. The van der Waals surface area contributed by atoms with Crippen LogP contribution in [0.3, 0.4) is 0 Å². The van der Waals surface area contributed by atoms with Crippen LogP contribution in [0.5, 0.6) is 5.75 Å². The highest BCUT2D eigenvalue weighted by Crippen LogP contribution is 2.42. The van der Waals surface area contributed by atoms with Crippen LogP contribution in [0, 0.1) is 12.7 Å². The van der Waals surface area contributed by atoms with E-state index in [2.05, 4.69) is 4.98 Å². The van der Waals surface area contributed by atoms with Gasteiger partial charge in [0.25, 0.3) is 6.43 Å². The normalized spacial score (nSPS) is 15.6. The van der Waals surface area contributed by atoms with Crippen molar-refractivity contribution in [3.63, 3.8) is 0 Å². The predicted molar refractivity (Wildman–Crippen MR) is 112 cm³/mol. The molecule has 1 heterocycles. The number of fused-ring (bicyclic) bond motifs is 1. The van der Waals surface area contributed by atoms with E-state index in [0.29, 0.717) is 16.5 Å². The molecule has 0 saturated heterocycles. The van der Waals surface area contributed by atoms with Crippen molar-refractivity contribution in [3.8, 4) is 5.75 Å². The van der Waals surface area contributed by atoms with Gasteiger partial charge in [-0.25, -0.2) is 13.2 Å². The van der Waals surface area contributed by atoms with Gasteiger partial charge in [0.15, 0.2) is 0 Å². The Morgan fingerprint density at radius 3 is 2.52 bits per heavy atom. The van der Waals surface area contributed by atoms with Gasteiger partial charge in [0.05, 0.1) is 19.3 Å². The molecule has 1 N–H and O–H groups in total. The van der Waals surface area contributed by atoms with Gasteiger partial charge in [0.2, 0.25) is 0 Å². The number of methoxy groups -OCH3 is 1. The summed E-state index contributed by atoms with van der Waals surface area (Å²) in [6.45, 7) is 2.19. The number of aryl methyl sites for hydroxylation is 1. The summed E-state index contributed by atoms with van der Waals surface area (Å²) in [7, 11) is 1.33. The second kappa shape index (κ2) is 8.83. The molecule has 0 amide bonds. The number of aromatic nitrogens is 1. The summed E-state index contributed by atoms with van der Waals surface area (Å²) < 4.78 is 61.7. The number of ether oxygens (including phenoxy) is 1. The van der Waals surface area contributed by atoms with Crippen molar-refractivity contribution in [2.45, 2.75) is 44.1 Å². The second-order valence-corrected chi connectivity index (χ2v) is 8.29. The lowest BCUT2D eigenvalue weighted by molar-refractivity contribution is -0.112. The first kappa shape index (κ1) is 23.0. The highest BCUT2D eigenvalue weighted by atomic mass is 19.3. The zero-order valence-electron chi connectivity index (χ0n) is 17.6. The van der Waals surface area contributed by atoms with Gasteiger partial charge in [0.1, 0.15) is 17.2 Å². The van der Waals surface area contributed by atoms with Crippen molar-refractivity contribution in [2.75, 3.05) is 13.8 Å². The Balaban J connectivity index is 2.04. The number of hydrogen-bond acceptors (Lipinski definition) is 3. The van der Waals surface area contributed by atoms with Crippen LogP contribution in [0.15, 0.2) is 48.7 Å². The fourth-order valence-corrected chi connectivity index (χ4v) is 4.06. The molecule has 7 heteroatoms. The number of nitrogens with zero attached hydrogens (tertiary/aromatic N) is 1. The Morgan fingerprint density at radius 1 is 1.13 bits per heavy atom. The Morgan fingerprint density at radius 2 is 1.87 bits per heavy atom. The van der Waals surface area contributed by atoms with Crippen LogP contribution in [0.4, 0.5) is 17.6 Å². The molecule has 3 nitrogen and oxygen atoms in total. The molecule has 166 valence electrons. The van der Waals surface area contributed by atoms with Crippen LogP contribution in [0.1, 0.15) is 30.0 Å². The standard InChI is InChI=1S/C24H25F4NO2/c1-15-4-6-18-16(8-9-29-20(18)10-15)12-24(30,22(27)28)13-23(2,14-25)19-11-17(26)5-7-21(19)31-3/h4-11,22,30H,12-14H2,1-3H3. The summed E-state index contributed by atoms with van der Waals surface area (Å²) in [5.74, 6) is -0.477. The van der Waals surface area contributed by atoms with Gasteiger partial charge in [-0.3, -0.25) is 9.37 Å². The first-order chi connectivity index (χ1) is 14.6. The molecular formula is C24H25F4NO2. The van der Waals surface area contributed by atoms with Crippen LogP contribution in [-0.4, -0.2) is 35.9 Å². The van der Waals surface area contributed by atoms with E-state index in [-0.39, 0.29) is 11.3 Å². The third-order valence-corrected chi connectivity index (χ3v) is 5.69. The lowest BCUT2D eigenvalue weighted by Crippen LogP contribution is -2.46. The zero-order chi connectivity index (χ0) is 22.8. The molecular weight excluding hydrogens is 410 g/mol. The van der Waals surface area contributed by atoms with Crippen LogP contribution < -0.4 is 4.74 Å². The summed E-state index contributed by atoms with van der Waals surface area (Å²) >= 11 is 0. The van der Waals surface area contributed by atoms with E-state index in [1.807, 2.05) is 19.1 Å². The molecule has 2 aromatic carbocycles. The minimum Gasteiger partial charge on any atom is -0.496 e. The van der Waals surface area contributed by atoms with E-state index in [1.54, 1.807) is 12.1 Å². The van der Waals surface area contributed by atoms with Crippen LogP contribution >= 0.6 is 0 Å². The maximum atomic E-state index is 14.3. The van der Waals surface area contributed by atoms with Crippen molar-refractivity contribution in [2.24, 2.45) is 0 Å². The molecule has 0 saturated carbocycles. The molecule has 0 spiro atoms. The lowest BCUT2D eigenvalue weighted by Gasteiger charge is -2.37. The number of halogens is 4.